The van der Waals surface area contributed by atoms with Crippen LogP contribution in [-0.2, 0) is 27.7 Å². The number of fused-ring (bicyclic) bond motifs is 2. The lowest BCUT2D eigenvalue weighted by molar-refractivity contribution is -0.120. The molecular weight excluding hydrogens is 420 g/mol. The Kier molecular flexibility index (Phi) is 4.89. The number of aromatic nitrogens is 1. The monoisotopic (exact) mass is 444 g/mol. The number of thiazole rings is 1. The Morgan fingerprint density at radius 3 is 2.77 bits per heavy atom. The number of amidine groups is 1. The predicted octanol–water partition coefficient (Wildman–Crippen LogP) is 3.07. The van der Waals surface area contributed by atoms with Gasteiger partial charge in [0.15, 0.2) is 11.0 Å². The molecule has 3 aliphatic rings. The Balaban J connectivity index is 1.23. The maximum absolute atomic E-state index is 12.8. The molecule has 9 heteroatoms. The van der Waals surface area contributed by atoms with Gasteiger partial charge in [-0.2, -0.15) is 8.42 Å². The molecule has 7 nitrogen and oxygen atoms in total. The summed E-state index contributed by atoms with van der Waals surface area (Å²) in [7, 11) is -3.62. The molecule has 158 valence electrons. The predicted molar refractivity (Wildman–Crippen MR) is 116 cm³/mol. The Labute approximate surface area is 180 Å². The van der Waals surface area contributed by atoms with Gasteiger partial charge in [-0.3, -0.25) is 4.79 Å². The van der Waals surface area contributed by atoms with Crippen molar-refractivity contribution in [1.29, 1.82) is 0 Å². The van der Waals surface area contributed by atoms with Gasteiger partial charge in [0.2, 0.25) is 5.91 Å². The van der Waals surface area contributed by atoms with Gasteiger partial charge in [0, 0.05) is 29.4 Å². The van der Waals surface area contributed by atoms with Gasteiger partial charge in [0.05, 0.1) is 5.69 Å². The summed E-state index contributed by atoms with van der Waals surface area (Å²) in [6.07, 6.45) is 4.53. The molecule has 0 bridgehead atoms. The van der Waals surface area contributed by atoms with Gasteiger partial charge in [0.25, 0.3) is 10.0 Å². The number of carbonyl (C=O) groups is 1. The third-order valence-electron chi connectivity index (χ3n) is 6.19. The van der Waals surface area contributed by atoms with E-state index in [4.69, 9.17) is 0 Å². The van der Waals surface area contributed by atoms with Crippen LogP contribution in [0, 0.1) is 11.8 Å². The molecule has 2 aromatic rings. The summed E-state index contributed by atoms with van der Waals surface area (Å²) >= 11 is 1.61. The van der Waals surface area contributed by atoms with E-state index in [1.807, 2.05) is 11.0 Å². The number of piperidine rings is 1. The summed E-state index contributed by atoms with van der Waals surface area (Å²) in [6.45, 7) is 3.46. The zero-order chi connectivity index (χ0) is 20.9. The van der Waals surface area contributed by atoms with E-state index in [1.54, 1.807) is 29.5 Å². The third-order valence-corrected chi connectivity index (χ3v) is 8.55. The zero-order valence-electron chi connectivity index (χ0n) is 16.8. The first-order valence-corrected chi connectivity index (χ1v) is 12.6. The van der Waals surface area contributed by atoms with Crippen molar-refractivity contribution in [3.63, 3.8) is 0 Å². The second kappa shape index (κ2) is 7.46. The normalized spacial score (nSPS) is 22.9. The molecule has 0 saturated carbocycles. The molecule has 3 heterocycles. The number of nitrogens with one attached hydrogen (secondary N) is 1. The minimum absolute atomic E-state index is 0.00942. The number of hydrogen-bond acceptors (Lipinski definition) is 6. The third kappa shape index (κ3) is 3.54. The Morgan fingerprint density at radius 1 is 1.20 bits per heavy atom. The molecule has 1 N–H and O–H groups in total. The number of benzene rings is 1. The molecule has 1 aromatic carbocycles. The summed E-state index contributed by atoms with van der Waals surface area (Å²) in [4.78, 5) is 21.0. The second-order valence-corrected chi connectivity index (χ2v) is 11.0. The SMILES string of the molecule is C[C@H]1CCc2nc(NC(=O)C3CCN(C4=NS(=O)(=O)c5ccccc54)CC3)sc2C1. The lowest BCUT2D eigenvalue weighted by Crippen LogP contribution is -2.41. The van der Waals surface area contributed by atoms with Crippen molar-refractivity contribution in [2.75, 3.05) is 18.4 Å². The molecule has 2 aliphatic heterocycles. The van der Waals surface area contributed by atoms with E-state index >= 15 is 0 Å². The van der Waals surface area contributed by atoms with Crippen LogP contribution in [0.1, 0.15) is 42.3 Å². The van der Waals surface area contributed by atoms with Gasteiger partial charge in [-0.05, 0) is 50.2 Å². The van der Waals surface area contributed by atoms with Gasteiger partial charge in [-0.15, -0.1) is 15.7 Å². The van der Waals surface area contributed by atoms with E-state index in [9.17, 15) is 13.2 Å². The van der Waals surface area contributed by atoms with E-state index in [1.165, 1.54) is 4.88 Å². The molecule has 0 radical (unpaired) electrons. The van der Waals surface area contributed by atoms with Gasteiger partial charge < -0.3 is 10.2 Å². The van der Waals surface area contributed by atoms with E-state index in [-0.39, 0.29) is 16.7 Å². The van der Waals surface area contributed by atoms with Crippen molar-refractivity contribution in [1.82, 2.24) is 9.88 Å². The lowest BCUT2D eigenvalue weighted by atomic mass is 9.93. The van der Waals surface area contributed by atoms with Crippen molar-refractivity contribution >= 4 is 38.2 Å². The molecule has 0 unspecified atom stereocenters. The quantitative estimate of drug-likeness (QED) is 0.769. The van der Waals surface area contributed by atoms with Crippen LogP contribution in [0.3, 0.4) is 0 Å². The van der Waals surface area contributed by atoms with Crippen LogP contribution in [0.4, 0.5) is 5.13 Å². The smallest absolute Gasteiger partial charge is 0.285 e. The van der Waals surface area contributed by atoms with Gasteiger partial charge >= 0.3 is 0 Å². The first-order chi connectivity index (χ1) is 14.4. The van der Waals surface area contributed by atoms with E-state index in [0.29, 0.717) is 48.4 Å². The van der Waals surface area contributed by atoms with Crippen LogP contribution < -0.4 is 5.32 Å². The number of sulfonamides is 1. The summed E-state index contributed by atoms with van der Waals surface area (Å²) in [5, 5.41) is 3.73. The van der Waals surface area contributed by atoms with Crippen LogP contribution in [0.5, 0.6) is 0 Å². The number of aryl methyl sites for hydroxylation is 1. The first kappa shape index (κ1) is 19.7. The number of carbonyl (C=O) groups excluding carboxylic acids is 1. The number of amides is 1. The fourth-order valence-corrected chi connectivity index (χ4v) is 6.87. The highest BCUT2D eigenvalue weighted by Gasteiger charge is 2.34. The van der Waals surface area contributed by atoms with Crippen molar-refractivity contribution in [2.24, 2.45) is 16.2 Å². The summed E-state index contributed by atoms with van der Waals surface area (Å²) in [6, 6.07) is 6.92. The van der Waals surface area contributed by atoms with Gasteiger partial charge in [-0.25, -0.2) is 4.98 Å². The number of rotatable bonds is 2. The first-order valence-electron chi connectivity index (χ1n) is 10.4. The molecule has 1 aromatic heterocycles. The highest BCUT2D eigenvalue weighted by molar-refractivity contribution is 7.90. The number of likely N-dealkylation sites (tertiary alicyclic amines) is 1. The van der Waals surface area contributed by atoms with E-state index < -0.39 is 10.0 Å². The van der Waals surface area contributed by atoms with E-state index in [2.05, 4.69) is 21.6 Å². The molecule has 1 fully saturated rings. The van der Waals surface area contributed by atoms with Gasteiger partial charge in [-0.1, -0.05) is 19.1 Å². The number of nitrogens with zero attached hydrogens (tertiary/aromatic N) is 3. The average Bonchev–Trinajstić information content (AvgIpc) is 3.25. The Morgan fingerprint density at radius 2 is 1.97 bits per heavy atom. The maximum atomic E-state index is 12.8. The van der Waals surface area contributed by atoms with E-state index in [0.717, 1.165) is 25.0 Å². The summed E-state index contributed by atoms with van der Waals surface area (Å²) in [5.41, 5.74) is 1.80. The van der Waals surface area contributed by atoms with Crippen molar-refractivity contribution in [3.05, 3.63) is 40.4 Å². The molecule has 0 spiro atoms. The van der Waals surface area contributed by atoms with Crippen molar-refractivity contribution in [3.8, 4) is 0 Å². The van der Waals surface area contributed by atoms with Gasteiger partial charge in [0.1, 0.15) is 4.90 Å². The minimum atomic E-state index is -3.62. The topological polar surface area (TPSA) is 91.7 Å². The van der Waals surface area contributed by atoms with Crippen LogP contribution in [-0.4, -0.2) is 43.1 Å². The minimum Gasteiger partial charge on any atom is -0.355 e. The molecule has 1 aliphatic carbocycles. The number of anilines is 1. The molecule has 5 rings (SSSR count). The molecule has 1 saturated heterocycles. The fourth-order valence-electron chi connectivity index (χ4n) is 4.47. The highest BCUT2D eigenvalue weighted by atomic mass is 32.2. The van der Waals surface area contributed by atoms with Crippen molar-refractivity contribution < 1.29 is 13.2 Å². The second-order valence-electron chi connectivity index (χ2n) is 8.37. The number of hydrogen-bond donors (Lipinski definition) is 1. The molecule has 30 heavy (non-hydrogen) atoms. The van der Waals surface area contributed by atoms with Crippen LogP contribution >= 0.6 is 11.3 Å². The Bertz CT molecular complexity index is 1130. The Hall–Kier alpha value is -2.26. The lowest BCUT2D eigenvalue weighted by Gasteiger charge is -2.32. The summed E-state index contributed by atoms with van der Waals surface area (Å²) < 4.78 is 28.6. The van der Waals surface area contributed by atoms with Crippen molar-refractivity contribution in [2.45, 2.75) is 43.9 Å². The maximum Gasteiger partial charge on any atom is 0.285 e. The summed E-state index contributed by atoms with van der Waals surface area (Å²) in [5.74, 6) is 1.09. The van der Waals surface area contributed by atoms with Crippen LogP contribution in [0.25, 0.3) is 0 Å². The largest absolute Gasteiger partial charge is 0.355 e. The standard InChI is InChI=1S/C21H24N4O3S2/c1-13-6-7-16-17(12-13)29-21(22-16)23-20(26)14-8-10-25(11-9-14)19-15-4-2-3-5-18(15)30(27,28)24-19/h2-5,13-14H,6-12H2,1H3,(H,22,23,26)/t13-/m0/s1. The highest BCUT2D eigenvalue weighted by Crippen LogP contribution is 2.33. The van der Waals surface area contributed by atoms with Crippen LogP contribution in [0.15, 0.2) is 33.6 Å². The average molecular weight is 445 g/mol. The molecular formula is C21H24N4O3S2. The molecule has 1 atom stereocenters. The molecule has 1 amide bonds. The van der Waals surface area contributed by atoms with Crippen LogP contribution in [0.2, 0.25) is 0 Å². The fraction of sp³-hybridized carbons (Fsp3) is 0.476. The zero-order valence-corrected chi connectivity index (χ0v) is 18.4.